The topological polar surface area (TPSA) is 28.2 Å². The third-order valence-corrected chi connectivity index (χ3v) is 5.02. The minimum absolute atomic E-state index is 0.583. The molecule has 0 bridgehead atoms. The number of hydrogen-bond acceptors (Lipinski definition) is 4. The molecule has 2 aromatic rings. The lowest BCUT2D eigenvalue weighted by atomic mass is 10.2. The molecule has 3 rings (SSSR count). The van der Waals surface area contributed by atoms with E-state index in [4.69, 9.17) is 16.6 Å². The maximum absolute atomic E-state index is 5.92. The number of rotatable bonds is 4. The summed E-state index contributed by atoms with van der Waals surface area (Å²) in [7, 11) is 0. The van der Waals surface area contributed by atoms with Gasteiger partial charge in [0.1, 0.15) is 0 Å². The van der Waals surface area contributed by atoms with Crippen molar-refractivity contribution >= 4 is 22.9 Å². The second-order valence-corrected chi connectivity index (χ2v) is 6.94. The molecule has 112 valence electrons. The average molecular weight is 322 g/mol. The van der Waals surface area contributed by atoms with Crippen molar-refractivity contribution in [1.82, 2.24) is 15.2 Å². The summed E-state index contributed by atoms with van der Waals surface area (Å²) in [5.41, 5.74) is 2.45. The van der Waals surface area contributed by atoms with Crippen LogP contribution in [0.25, 0.3) is 0 Å². The van der Waals surface area contributed by atoms with Crippen LogP contribution in [0.5, 0.6) is 0 Å². The first-order valence-corrected chi connectivity index (χ1v) is 8.59. The normalized spacial score (nSPS) is 19.8. The second kappa shape index (κ2) is 6.88. The summed E-state index contributed by atoms with van der Waals surface area (Å²) in [4.78, 5) is 7.28. The molecule has 5 heteroatoms. The van der Waals surface area contributed by atoms with Gasteiger partial charge in [-0.25, -0.2) is 4.98 Å². The lowest BCUT2D eigenvalue weighted by Gasteiger charge is -2.33. The van der Waals surface area contributed by atoms with Gasteiger partial charge in [-0.05, 0) is 24.6 Å². The van der Waals surface area contributed by atoms with Crippen molar-refractivity contribution in [2.24, 2.45) is 0 Å². The minimum atomic E-state index is 0.583. The van der Waals surface area contributed by atoms with E-state index in [1.54, 1.807) is 11.3 Å². The van der Waals surface area contributed by atoms with E-state index in [1.165, 1.54) is 16.3 Å². The lowest BCUT2D eigenvalue weighted by molar-refractivity contribution is 0.164. The standard InChI is InChI=1S/C16H20ClN3S/c1-12-9-18-6-7-20(12)10-15-11-21-16(19-15)8-13-2-4-14(17)5-3-13/h2-5,11-12,18H,6-10H2,1H3/t12-/m0/s1. The summed E-state index contributed by atoms with van der Waals surface area (Å²) < 4.78 is 0. The van der Waals surface area contributed by atoms with Crippen molar-refractivity contribution in [3.8, 4) is 0 Å². The van der Waals surface area contributed by atoms with Crippen LogP contribution in [0.1, 0.15) is 23.2 Å². The van der Waals surface area contributed by atoms with E-state index in [2.05, 4.69) is 34.7 Å². The maximum Gasteiger partial charge on any atom is 0.0972 e. The molecule has 1 saturated heterocycles. The van der Waals surface area contributed by atoms with Gasteiger partial charge in [0.05, 0.1) is 10.7 Å². The fraction of sp³-hybridized carbons (Fsp3) is 0.438. The summed E-state index contributed by atoms with van der Waals surface area (Å²) in [6.45, 7) is 6.48. The van der Waals surface area contributed by atoms with E-state index >= 15 is 0 Å². The highest BCUT2D eigenvalue weighted by Gasteiger charge is 2.18. The Morgan fingerprint density at radius 2 is 2.19 bits per heavy atom. The first kappa shape index (κ1) is 15.0. The van der Waals surface area contributed by atoms with Crippen LogP contribution in [-0.4, -0.2) is 35.6 Å². The third kappa shape index (κ3) is 4.04. The van der Waals surface area contributed by atoms with E-state index in [0.29, 0.717) is 6.04 Å². The van der Waals surface area contributed by atoms with Gasteiger partial charge in [-0.15, -0.1) is 11.3 Å². The highest BCUT2D eigenvalue weighted by atomic mass is 35.5. The summed E-state index contributed by atoms with van der Waals surface area (Å²) in [6.07, 6.45) is 0.888. The number of hydrogen-bond donors (Lipinski definition) is 1. The van der Waals surface area contributed by atoms with Crippen LogP contribution in [0, 0.1) is 0 Å². The van der Waals surface area contributed by atoms with E-state index < -0.39 is 0 Å². The molecule has 0 spiro atoms. The van der Waals surface area contributed by atoms with Gasteiger partial charge in [0.25, 0.3) is 0 Å². The number of benzene rings is 1. The van der Waals surface area contributed by atoms with Gasteiger partial charge in [-0.2, -0.15) is 0 Å². The van der Waals surface area contributed by atoms with Crippen molar-refractivity contribution in [2.45, 2.75) is 25.9 Å². The molecule has 0 unspecified atom stereocenters. The van der Waals surface area contributed by atoms with Crippen LogP contribution in [0.2, 0.25) is 5.02 Å². The van der Waals surface area contributed by atoms with E-state index in [0.717, 1.165) is 37.6 Å². The van der Waals surface area contributed by atoms with Gasteiger partial charge in [-0.1, -0.05) is 23.7 Å². The summed E-state index contributed by atoms with van der Waals surface area (Å²) >= 11 is 7.67. The Bertz CT molecular complexity index is 581. The number of piperazine rings is 1. The monoisotopic (exact) mass is 321 g/mol. The Morgan fingerprint density at radius 3 is 2.95 bits per heavy atom. The molecule has 21 heavy (non-hydrogen) atoms. The van der Waals surface area contributed by atoms with Gasteiger partial charge >= 0.3 is 0 Å². The van der Waals surface area contributed by atoms with Gasteiger partial charge in [-0.3, -0.25) is 4.90 Å². The molecule has 1 aliphatic heterocycles. The highest BCUT2D eigenvalue weighted by Crippen LogP contribution is 2.18. The third-order valence-electron chi connectivity index (χ3n) is 3.87. The van der Waals surface area contributed by atoms with Gasteiger partial charge in [0, 0.05) is 49.0 Å². The van der Waals surface area contributed by atoms with Gasteiger partial charge in [0.15, 0.2) is 0 Å². The number of halogens is 1. The number of nitrogens with one attached hydrogen (secondary N) is 1. The Kier molecular flexibility index (Phi) is 4.91. The quantitative estimate of drug-likeness (QED) is 0.937. The van der Waals surface area contributed by atoms with Crippen molar-refractivity contribution in [3.63, 3.8) is 0 Å². The Balaban J connectivity index is 1.61. The molecule has 2 heterocycles. The molecular formula is C16H20ClN3S. The molecular weight excluding hydrogens is 302 g/mol. The lowest BCUT2D eigenvalue weighted by Crippen LogP contribution is -2.49. The fourth-order valence-electron chi connectivity index (χ4n) is 2.61. The van der Waals surface area contributed by atoms with Crippen molar-refractivity contribution in [1.29, 1.82) is 0 Å². The van der Waals surface area contributed by atoms with Crippen LogP contribution in [0.4, 0.5) is 0 Å². The molecule has 1 aromatic carbocycles. The molecule has 0 radical (unpaired) electrons. The number of thiazole rings is 1. The molecule has 1 fully saturated rings. The predicted octanol–water partition coefficient (Wildman–Crippen LogP) is 3.18. The van der Waals surface area contributed by atoms with Crippen LogP contribution in [0.3, 0.4) is 0 Å². The van der Waals surface area contributed by atoms with Crippen LogP contribution in [0.15, 0.2) is 29.6 Å². The Morgan fingerprint density at radius 1 is 1.38 bits per heavy atom. The SMILES string of the molecule is C[C@H]1CNCCN1Cc1csc(Cc2ccc(Cl)cc2)n1. The van der Waals surface area contributed by atoms with Gasteiger partial charge in [0.2, 0.25) is 0 Å². The number of aromatic nitrogens is 1. The van der Waals surface area contributed by atoms with Gasteiger partial charge < -0.3 is 5.32 Å². The molecule has 1 N–H and O–H groups in total. The van der Waals surface area contributed by atoms with E-state index in [1.807, 2.05) is 12.1 Å². The average Bonchev–Trinajstić information content (AvgIpc) is 2.91. The Labute approximate surface area is 135 Å². The summed E-state index contributed by atoms with van der Waals surface area (Å²) in [6, 6.07) is 8.60. The van der Waals surface area contributed by atoms with E-state index in [9.17, 15) is 0 Å². The largest absolute Gasteiger partial charge is 0.314 e. The molecule has 1 aromatic heterocycles. The first-order valence-electron chi connectivity index (χ1n) is 7.33. The summed E-state index contributed by atoms with van der Waals surface area (Å²) in [5.74, 6) is 0. The smallest absolute Gasteiger partial charge is 0.0972 e. The van der Waals surface area contributed by atoms with Crippen molar-refractivity contribution < 1.29 is 0 Å². The second-order valence-electron chi connectivity index (χ2n) is 5.56. The van der Waals surface area contributed by atoms with Crippen LogP contribution >= 0.6 is 22.9 Å². The van der Waals surface area contributed by atoms with E-state index in [-0.39, 0.29) is 0 Å². The molecule has 3 nitrogen and oxygen atoms in total. The summed E-state index contributed by atoms with van der Waals surface area (Å²) in [5, 5.41) is 7.58. The van der Waals surface area contributed by atoms with Crippen LogP contribution in [-0.2, 0) is 13.0 Å². The fourth-order valence-corrected chi connectivity index (χ4v) is 3.55. The van der Waals surface area contributed by atoms with Crippen molar-refractivity contribution in [2.75, 3.05) is 19.6 Å². The molecule has 1 aliphatic rings. The Hall–Kier alpha value is -0.940. The maximum atomic E-state index is 5.92. The molecule has 0 saturated carbocycles. The zero-order chi connectivity index (χ0) is 14.7. The molecule has 1 atom stereocenters. The minimum Gasteiger partial charge on any atom is -0.314 e. The van der Waals surface area contributed by atoms with Crippen molar-refractivity contribution in [3.05, 3.63) is 50.9 Å². The molecule has 0 amide bonds. The zero-order valence-corrected chi connectivity index (χ0v) is 13.8. The zero-order valence-electron chi connectivity index (χ0n) is 12.2. The molecule has 0 aliphatic carbocycles. The first-order chi connectivity index (χ1) is 10.2. The highest BCUT2D eigenvalue weighted by molar-refractivity contribution is 7.09. The van der Waals surface area contributed by atoms with Crippen LogP contribution < -0.4 is 5.32 Å². The predicted molar refractivity (Wildman–Crippen MR) is 89.1 cm³/mol. The number of nitrogens with zero attached hydrogens (tertiary/aromatic N) is 2.